The van der Waals surface area contributed by atoms with Crippen molar-refractivity contribution < 1.29 is 19.1 Å². The van der Waals surface area contributed by atoms with Crippen LogP contribution in [0.5, 0.6) is 11.5 Å². The normalized spacial score (nSPS) is 20.4. The van der Waals surface area contributed by atoms with E-state index in [1.54, 1.807) is 37.3 Å². The molecular weight excluding hydrogens is 296 g/mol. The summed E-state index contributed by atoms with van der Waals surface area (Å²) in [5.74, 6) is 1.10. The molecule has 1 spiro atoms. The average molecular weight is 316 g/mol. The second-order valence-corrected chi connectivity index (χ2v) is 6.11. The van der Waals surface area contributed by atoms with Crippen molar-refractivity contribution in [2.45, 2.75) is 6.42 Å². The molecule has 3 rings (SSSR count). The van der Waals surface area contributed by atoms with Crippen molar-refractivity contribution in [1.29, 1.82) is 0 Å². The standard InChI is InChI=1S/C17H20N2O4/c1-4-15(20)19-9-17(10-19)8-14(17)16(21)18-11-5-12(22-2)7-13(6-11)23-3/h4-7,14H,1,8-10H2,2-3H3,(H,18,21). The van der Waals surface area contributed by atoms with E-state index < -0.39 is 0 Å². The van der Waals surface area contributed by atoms with Crippen LogP contribution in [0.25, 0.3) is 0 Å². The number of ether oxygens (including phenoxy) is 2. The minimum atomic E-state index is -0.0702. The fraction of sp³-hybridized carbons (Fsp3) is 0.412. The van der Waals surface area contributed by atoms with E-state index in [-0.39, 0.29) is 23.1 Å². The van der Waals surface area contributed by atoms with Gasteiger partial charge < -0.3 is 19.7 Å². The van der Waals surface area contributed by atoms with Gasteiger partial charge in [-0.25, -0.2) is 0 Å². The van der Waals surface area contributed by atoms with Gasteiger partial charge in [-0.3, -0.25) is 9.59 Å². The smallest absolute Gasteiger partial charge is 0.245 e. The van der Waals surface area contributed by atoms with Gasteiger partial charge in [-0.15, -0.1) is 0 Å². The predicted molar refractivity (Wildman–Crippen MR) is 85.5 cm³/mol. The number of methoxy groups -OCH3 is 2. The van der Waals surface area contributed by atoms with Crippen molar-refractivity contribution in [2.24, 2.45) is 11.3 Å². The number of likely N-dealkylation sites (tertiary alicyclic amines) is 1. The lowest BCUT2D eigenvalue weighted by Gasteiger charge is -2.40. The molecule has 1 unspecified atom stereocenters. The zero-order chi connectivity index (χ0) is 16.6. The number of rotatable bonds is 5. The van der Waals surface area contributed by atoms with Crippen molar-refractivity contribution in [3.8, 4) is 11.5 Å². The molecule has 1 aromatic carbocycles. The maximum Gasteiger partial charge on any atom is 0.245 e. The van der Waals surface area contributed by atoms with Crippen LogP contribution in [0.3, 0.4) is 0 Å². The Labute approximate surface area is 135 Å². The number of benzene rings is 1. The zero-order valence-electron chi connectivity index (χ0n) is 13.3. The van der Waals surface area contributed by atoms with Gasteiger partial charge in [-0.1, -0.05) is 6.58 Å². The second kappa shape index (κ2) is 5.61. The van der Waals surface area contributed by atoms with E-state index in [1.165, 1.54) is 6.08 Å². The summed E-state index contributed by atoms with van der Waals surface area (Å²) in [6, 6.07) is 5.26. The molecular formula is C17H20N2O4. The van der Waals surface area contributed by atoms with Gasteiger partial charge in [0.2, 0.25) is 11.8 Å². The number of hydrogen-bond donors (Lipinski definition) is 1. The summed E-state index contributed by atoms with van der Waals surface area (Å²) in [7, 11) is 3.13. The highest BCUT2D eigenvalue weighted by atomic mass is 16.5. The molecule has 1 aliphatic carbocycles. The van der Waals surface area contributed by atoms with Gasteiger partial charge >= 0.3 is 0 Å². The Bertz CT molecular complexity index is 642. The highest BCUT2D eigenvalue weighted by Crippen LogP contribution is 2.59. The third kappa shape index (κ3) is 2.76. The molecule has 2 aliphatic rings. The number of amides is 2. The molecule has 1 saturated carbocycles. The van der Waals surface area contributed by atoms with E-state index in [0.717, 1.165) is 6.42 Å². The summed E-state index contributed by atoms with van der Waals surface area (Å²) in [5, 5.41) is 2.91. The molecule has 0 bridgehead atoms. The Morgan fingerprint density at radius 1 is 1.26 bits per heavy atom. The number of nitrogens with one attached hydrogen (secondary N) is 1. The summed E-state index contributed by atoms with van der Waals surface area (Å²) >= 11 is 0. The molecule has 23 heavy (non-hydrogen) atoms. The van der Waals surface area contributed by atoms with Crippen LogP contribution in [-0.4, -0.2) is 44.0 Å². The van der Waals surface area contributed by atoms with Crippen LogP contribution < -0.4 is 14.8 Å². The van der Waals surface area contributed by atoms with Crippen molar-refractivity contribution in [3.63, 3.8) is 0 Å². The molecule has 0 aromatic heterocycles. The van der Waals surface area contributed by atoms with E-state index >= 15 is 0 Å². The fourth-order valence-electron chi connectivity index (χ4n) is 3.18. The molecule has 1 N–H and O–H groups in total. The molecule has 2 fully saturated rings. The summed E-state index contributed by atoms with van der Waals surface area (Å²) in [4.78, 5) is 25.6. The molecule has 6 heteroatoms. The lowest BCUT2D eigenvalue weighted by atomic mass is 9.93. The van der Waals surface area contributed by atoms with Crippen LogP contribution in [0.4, 0.5) is 5.69 Å². The highest BCUT2D eigenvalue weighted by Gasteiger charge is 2.65. The molecule has 1 atom stereocenters. The first-order chi connectivity index (χ1) is 11.0. The molecule has 0 radical (unpaired) electrons. The third-order valence-corrected chi connectivity index (χ3v) is 4.62. The molecule has 2 amide bonds. The quantitative estimate of drug-likeness (QED) is 0.839. The van der Waals surface area contributed by atoms with Crippen LogP contribution in [0.1, 0.15) is 6.42 Å². The molecule has 6 nitrogen and oxygen atoms in total. The SMILES string of the molecule is C=CC(=O)N1CC2(CC2C(=O)Nc2cc(OC)cc(OC)c2)C1. The Balaban J connectivity index is 1.61. The number of hydrogen-bond acceptors (Lipinski definition) is 4. The molecule has 1 aromatic rings. The van der Waals surface area contributed by atoms with Crippen LogP contribution in [0.2, 0.25) is 0 Å². The monoisotopic (exact) mass is 316 g/mol. The summed E-state index contributed by atoms with van der Waals surface area (Å²) in [5.41, 5.74) is 0.609. The van der Waals surface area contributed by atoms with Crippen molar-refractivity contribution >= 4 is 17.5 Å². The lowest BCUT2D eigenvalue weighted by molar-refractivity contribution is -0.135. The van der Waals surface area contributed by atoms with Gasteiger partial charge in [-0.2, -0.15) is 0 Å². The minimum absolute atomic E-state index is 0.0222. The van der Waals surface area contributed by atoms with E-state index in [1.807, 2.05) is 0 Å². The Kier molecular flexibility index (Phi) is 3.75. The Morgan fingerprint density at radius 3 is 2.39 bits per heavy atom. The minimum Gasteiger partial charge on any atom is -0.497 e. The zero-order valence-corrected chi connectivity index (χ0v) is 13.3. The van der Waals surface area contributed by atoms with Crippen molar-refractivity contribution in [1.82, 2.24) is 4.90 Å². The van der Waals surface area contributed by atoms with Crippen LogP contribution in [0, 0.1) is 11.3 Å². The maximum absolute atomic E-state index is 12.4. The summed E-state index contributed by atoms with van der Waals surface area (Å²) in [6.45, 7) is 4.75. The topological polar surface area (TPSA) is 67.9 Å². The number of carbonyl (C=O) groups excluding carboxylic acids is 2. The average Bonchev–Trinajstić information content (AvgIpc) is 3.28. The number of anilines is 1. The largest absolute Gasteiger partial charge is 0.497 e. The predicted octanol–water partition coefficient (Wildman–Crippen LogP) is 1.68. The second-order valence-electron chi connectivity index (χ2n) is 6.11. The van der Waals surface area contributed by atoms with Gasteiger partial charge in [0, 0.05) is 48.3 Å². The van der Waals surface area contributed by atoms with Gasteiger partial charge in [-0.05, 0) is 12.5 Å². The van der Waals surface area contributed by atoms with Gasteiger partial charge in [0.15, 0.2) is 0 Å². The number of nitrogens with zero attached hydrogens (tertiary/aromatic N) is 1. The van der Waals surface area contributed by atoms with E-state index in [0.29, 0.717) is 30.3 Å². The summed E-state index contributed by atoms with van der Waals surface area (Å²) < 4.78 is 10.4. The third-order valence-electron chi connectivity index (χ3n) is 4.62. The van der Waals surface area contributed by atoms with Crippen molar-refractivity contribution in [3.05, 3.63) is 30.9 Å². The van der Waals surface area contributed by atoms with E-state index in [2.05, 4.69) is 11.9 Å². The summed E-state index contributed by atoms with van der Waals surface area (Å²) in [6.07, 6.45) is 2.13. The molecule has 1 aliphatic heterocycles. The molecule has 1 heterocycles. The van der Waals surface area contributed by atoms with Crippen LogP contribution in [0.15, 0.2) is 30.9 Å². The Hall–Kier alpha value is -2.50. The molecule has 122 valence electrons. The first kappa shape index (κ1) is 15.4. The first-order valence-electron chi connectivity index (χ1n) is 7.46. The lowest BCUT2D eigenvalue weighted by Crippen LogP contribution is -2.52. The fourth-order valence-corrected chi connectivity index (χ4v) is 3.18. The molecule has 1 saturated heterocycles. The van der Waals surface area contributed by atoms with Gasteiger partial charge in [0.1, 0.15) is 11.5 Å². The van der Waals surface area contributed by atoms with Gasteiger partial charge in [0.05, 0.1) is 14.2 Å². The van der Waals surface area contributed by atoms with E-state index in [4.69, 9.17) is 9.47 Å². The first-order valence-corrected chi connectivity index (χ1v) is 7.46. The van der Waals surface area contributed by atoms with Gasteiger partial charge in [0.25, 0.3) is 0 Å². The van der Waals surface area contributed by atoms with E-state index in [9.17, 15) is 9.59 Å². The Morgan fingerprint density at radius 2 is 1.87 bits per heavy atom. The van der Waals surface area contributed by atoms with Crippen LogP contribution >= 0.6 is 0 Å². The number of carbonyl (C=O) groups is 2. The highest BCUT2D eigenvalue weighted by molar-refractivity contribution is 5.96. The maximum atomic E-state index is 12.4. The van der Waals surface area contributed by atoms with Crippen molar-refractivity contribution in [2.75, 3.05) is 32.6 Å². The van der Waals surface area contributed by atoms with Crippen LogP contribution in [-0.2, 0) is 9.59 Å².